The molecule has 1 N–H and O–H groups in total. The summed E-state index contributed by atoms with van der Waals surface area (Å²) in [7, 11) is -3.82. The van der Waals surface area contributed by atoms with Gasteiger partial charge in [-0.15, -0.1) is 0 Å². The van der Waals surface area contributed by atoms with E-state index in [0.717, 1.165) is 6.07 Å². The number of sulfonamides is 1. The predicted octanol–water partition coefficient (Wildman–Crippen LogP) is 2.33. The number of benzene rings is 1. The lowest BCUT2D eigenvalue weighted by atomic mass is 10.2. The monoisotopic (exact) mass is 266 g/mol. The van der Waals surface area contributed by atoms with E-state index in [4.69, 9.17) is 0 Å². The van der Waals surface area contributed by atoms with Gasteiger partial charge >= 0.3 is 0 Å². The maximum Gasteiger partial charge on any atom is 0.263 e. The summed E-state index contributed by atoms with van der Waals surface area (Å²) in [6.07, 6.45) is 1.47. The third-order valence-corrected chi connectivity index (χ3v) is 3.84. The molecule has 0 saturated carbocycles. The Kier molecular flexibility index (Phi) is 3.29. The molecule has 1 aromatic heterocycles. The SMILES string of the molecule is Cc1ccc(F)cc1S(=O)(=O)Nc1ccccn1. The number of aryl methyl sites for hydroxylation is 1. The minimum absolute atomic E-state index is 0.0897. The first-order chi connectivity index (χ1) is 8.49. The number of hydrogen-bond donors (Lipinski definition) is 1. The van der Waals surface area contributed by atoms with E-state index in [2.05, 4.69) is 9.71 Å². The molecule has 1 aromatic carbocycles. The van der Waals surface area contributed by atoms with Crippen LogP contribution in [0.1, 0.15) is 5.56 Å². The van der Waals surface area contributed by atoms with Gasteiger partial charge in [0.2, 0.25) is 0 Å². The standard InChI is InChI=1S/C12H11FN2O2S/c1-9-5-6-10(13)8-11(9)18(16,17)15-12-4-2-3-7-14-12/h2-8H,1H3,(H,14,15). The Balaban J connectivity index is 2.40. The highest BCUT2D eigenvalue weighted by molar-refractivity contribution is 7.92. The largest absolute Gasteiger partial charge is 0.263 e. The van der Waals surface area contributed by atoms with Crippen molar-refractivity contribution in [3.8, 4) is 0 Å². The van der Waals surface area contributed by atoms with Gasteiger partial charge in [-0.05, 0) is 36.8 Å². The molecule has 6 heteroatoms. The molecule has 4 nitrogen and oxygen atoms in total. The second-order valence-corrected chi connectivity index (χ2v) is 5.38. The van der Waals surface area contributed by atoms with Crippen LogP contribution in [0.2, 0.25) is 0 Å². The number of rotatable bonds is 3. The van der Waals surface area contributed by atoms with Crippen LogP contribution in [0.4, 0.5) is 10.2 Å². The zero-order valence-electron chi connectivity index (χ0n) is 9.59. The van der Waals surface area contributed by atoms with E-state index < -0.39 is 15.8 Å². The summed E-state index contributed by atoms with van der Waals surface area (Å²) in [4.78, 5) is 3.77. The van der Waals surface area contributed by atoms with Crippen LogP contribution in [0.5, 0.6) is 0 Å². The second kappa shape index (κ2) is 4.73. The highest BCUT2D eigenvalue weighted by Crippen LogP contribution is 2.19. The van der Waals surface area contributed by atoms with E-state index in [-0.39, 0.29) is 10.7 Å². The van der Waals surface area contributed by atoms with Gasteiger partial charge in [-0.25, -0.2) is 17.8 Å². The molecule has 2 aromatic rings. The highest BCUT2D eigenvalue weighted by Gasteiger charge is 2.18. The van der Waals surface area contributed by atoms with Crippen LogP contribution in [0.25, 0.3) is 0 Å². The third kappa shape index (κ3) is 2.65. The van der Waals surface area contributed by atoms with E-state index in [1.807, 2.05) is 0 Å². The number of nitrogens with one attached hydrogen (secondary N) is 1. The molecule has 0 unspecified atom stereocenters. The lowest BCUT2D eigenvalue weighted by molar-refractivity contribution is 0.594. The van der Waals surface area contributed by atoms with Gasteiger partial charge in [-0.1, -0.05) is 12.1 Å². The number of nitrogens with zero attached hydrogens (tertiary/aromatic N) is 1. The van der Waals surface area contributed by atoms with E-state index in [1.165, 1.54) is 24.4 Å². The second-order valence-electron chi connectivity index (χ2n) is 3.73. The molecule has 0 fully saturated rings. The molecule has 0 aliphatic rings. The minimum atomic E-state index is -3.82. The fourth-order valence-corrected chi connectivity index (χ4v) is 2.74. The Morgan fingerprint density at radius 2 is 2.00 bits per heavy atom. The molecule has 0 spiro atoms. The zero-order valence-corrected chi connectivity index (χ0v) is 10.4. The van der Waals surface area contributed by atoms with Crippen molar-refractivity contribution in [2.24, 2.45) is 0 Å². The lowest BCUT2D eigenvalue weighted by Gasteiger charge is -2.09. The molecule has 94 valence electrons. The molecule has 0 bridgehead atoms. The van der Waals surface area contributed by atoms with Crippen molar-refractivity contribution in [2.45, 2.75) is 11.8 Å². The van der Waals surface area contributed by atoms with Gasteiger partial charge in [-0.3, -0.25) is 4.72 Å². The Morgan fingerprint density at radius 1 is 1.22 bits per heavy atom. The third-order valence-electron chi connectivity index (χ3n) is 2.34. The van der Waals surface area contributed by atoms with Crippen LogP contribution in [-0.2, 0) is 10.0 Å². The number of pyridine rings is 1. The molecular weight excluding hydrogens is 255 g/mol. The van der Waals surface area contributed by atoms with E-state index >= 15 is 0 Å². The Hall–Kier alpha value is -1.95. The number of hydrogen-bond acceptors (Lipinski definition) is 3. The molecular formula is C12H11FN2O2S. The van der Waals surface area contributed by atoms with Gasteiger partial charge in [0.1, 0.15) is 11.6 Å². The smallest absolute Gasteiger partial charge is 0.263 e. The van der Waals surface area contributed by atoms with Crippen molar-refractivity contribution in [1.29, 1.82) is 0 Å². The van der Waals surface area contributed by atoms with Crippen molar-refractivity contribution in [3.63, 3.8) is 0 Å². The number of anilines is 1. The van der Waals surface area contributed by atoms with Crippen LogP contribution in [0.15, 0.2) is 47.5 Å². The fraction of sp³-hybridized carbons (Fsp3) is 0.0833. The van der Waals surface area contributed by atoms with Crippen molar-refractivity contribution < 1.29 is 12.8 Å². The van der Waals surface area contributed by atoms with Gasteiger partial charge in [0, 0.05) is 6.20 Å². The molecule has 18 heavy (non-hydrogen) atoms. The Bertz CT molecular complexity index is 657. The number of halogens is 1. The molecule has 0 aliphatic heterocycles. The maximum atomic E-state index is 13.1. The first-order valence-corrected chi connectivity index (χ1v) is 6.67. The van der Waals surface area contributed by atoms with Gasteiger partial charge in [0.25, 0.3) is 10.0 Å². The van der Waals surface area contributed by atoms with Crippen LogP contribution < -0.4 is 4.72 Å². The first-order valence-electron chi connectivity index (χ1n) is 5.19. The van der Waals surface area contributed by atoms with Crippen molar-refractivity contribution in [2.75, 3.05) is 4.72 Å². The number of aromatic nitrogens is 1. The van der Waals surface area contributed by atoms with Gasteiger partial charge in [0.05, 0.1) is 4.90 Å². The summed E-state index contributed by atoms with van der Waals surface area (Å²) in [5.41, 5.74) is 0.472. The molecule has 0 radical (unpaired) electrons. The predicted molar refractivity (Wildman–Crippen MR) is 66.2 cm³/mol. The van der Waals surface area contributed by atoms with E-state index in [1.54, 1.807) is 19.1 Å². The summed E-state index contributed by atoms with van der Waals surface area (Å²) in [5.74, 6) is -0.400. The molecule has 1 heterocycles. The van der Waals surface area contributed by atoms with Crippen LogP contribution in [-0.4, -0.2) is 13.4 Å². The van der Waals surface area contributed by atoms with E-state index in [0.29, 0.717) is 5.56 Å². The summed E-state index contributed by atoms with van der Waals surface area (Å²) >= 11 is 0. The first kappa shape index (κ1) is 12.5. The zero-order chi connectivity index (χ0) is 13.2. The summed E-state index contributed by atoms with van der Waals surface area (Å²) in [5, 5.41) is 0. The molecule has 0 saturated heterocycles. The van der Waals surface area contributed by atoms with Crippen molar-refractivity contribution in [1.82, 2.24) is 4.98 Å². The van der Waals surface area contributed by atoms with Gasteiger partial charge in [0.15, 0.2) is 0 Å². The summed E-state index contributed by atoms with van der Waals surface area (Å²) in [6.45, 7) is 1.60. The van der Waals surface area contributed by atoms with Gasteiger partial charge < -0.3 is 0 Å². The maximum absolute atomic E-state index is 13.1. The van der Waals surface area contributed by atoms with Gasteiger partial charge in [-0.2, -0.15) is 0 Å². The molecule has 0 aliphatic carbocycles. The molecule has 0 atom stereocenters. The highest BCUT2D eigenvalue weighted by atomic mass is 32.2. The molecule has 2 rings (SSSR count). The Labute approximate surface area is 105 Å². The quantitative estimate of drug-likeness (QED) is 0.927. The summed E-state index contributed by atoms with van der Waals surface area (Å²) in [6, 6.07) is 8.47. The van der Waals surface area contributed by atoms with Crippen LogP contribution in [0.3, 0.4) is 0 Å². The minimum Gasteiger partial charge on any atom is -0.263 e. The normalized spacial score (nSPS) is 11.2. The fourth-order valence-electron chi connectivity index (χ4n) is 1.48. The van der Waals surface area contributed by atoms with Crippen LogP contribution in [0, 0.1) is 12.7 Å². The van der Waals surface area contributed by atoms with E-state index in [9.17, 15) is 12.8 Å². The van der Waals surface area contributed by atoms with Crippen molar-refractivity contribution >= 4 is 15.8 Å². The average molecular weight is 266 g/mol. The lowest BCUT2D eigenvalue weighted by Crippen LogP contribution is -2.15. The topological polar surface area (TPSA) is 59.1 Å². The average Bonchev–Trinajstić information content (AvgIpc) is 2.33. The Morgan fingerprint density at radius 3 is 2.67 bits per heavy atom. The molecule has 0 amide bonds. The van der Waals surface area contributed by atoms with Crippen molar-refractivity contribution in [3.05, 3.63) is 54.0 Å². The summed E-state index contributed by atoms with van der Waals surface area (Å²) < 4.78 is 39.5. The van der Waals surface area contributed by atoms with Crippen LogP contribution >= 0.6 is 0 Å².